The Labute approximate surface area is 108 Å². The summed E-state index contributed by atoms with van der Waals surface area (Å²) in [5.41, 5.74) is 1.43. The first kappa shape index (κ1) is 14.4. The summed E-state index contributed by atoms with van der Waals surface area (Å²) in [6.07, 6.45) is 0.480. The van der Waals surface area contributed by atoms with Crippen molar-refractivity contribution < 1.29 is 9.90 Å². The summed E-state index contributed by atoms with van der Waals surface area (Å²) in [5, 5.41) is 16.4. The summed E-state index contributed by atoms with van der Waals surface area (Å²) in [6.45, 7) is 3.02. The van der Waals surface area contributed by atoms with Gasteiger partial charge in [0.25, 0.3) is 0 Å². The first-order chi connectivity index (χ1) is 8.50. The Morgan fingerprint density at radius 2 is 2.00 bits per heavy atom. The second-order valence-corrected chi connectivity index (χ2v) is 4.59. The van der Waals surface area contributed by atoms with Crippen LogP contribution >= 0.6 is 0 Å². The fraction of sp³-hybridized carbons (Fsp3) is 0.429. The van der Waals surface area contributed by atoms with E-state index in [1.54, 1.807) is 6.92 Å². The Hall–Kier alpha value is -1.68. The van der Waals surface area contributed by atoms with Gasteiger partial charge in [-0.25, -0.2) is 0 Å². The fourth-order valence-electron chi connectivity index (χ4n) is 1.85. The number of carbonyl (C=O) groups is 1. The molecule has 1 unspecified atom stereocenters. The summed E-state index contributed by atoms with van der Waals surface area (Å²) in [6, 6.07) is 10.1. The Bertz CT molecular complexity index is 390. The Morgan fingerprint density at radius 3 is 2.50 bits per heavy atom. The highest BCUT2D eigenvalue weighted by Gasteiger charge is 2.19. The van der Waals surface area contributed by atoms with Gasteiger partial charge in [0.15, 0.2) is 0 Å². The van der Waals surface area contributed by atoms with Crippen molar-refractivity contribution in [3.05, 3.63) is 35.9 Å². The van der Waals surface area contributed by atoms with E-state index < -0.39 is 11.9 Å². The van der Waals surface area contributed by atoms with Crippen LogP contribution in [-0.2, 0) is 11.3 Å². The van der Waals surface area contributed by atoms with Crippen LogP contribution in [-0.4, -0.2) is 35.3 Å². The maximum Gasteiger partial charge on any atom is 0.312 e. The zero-order valence-electron chi connectivity index (χ0n) is 10.9. The van der Waals surface area contributed by atoms with E-state index in [2.05, 4.69) is 4.90 Å². The molecular weight excluding hydrogens is 228 g/mol. The molecular formula is C14H20N2O2. The number of aliphatic carboxylic acids is 1. The highest BCUT2D eigenvalue weighted by atomic mass is 16.4. The topological polar surface area (TPSA) is 64.4 Å². The van der Waals surface area contributed by atoms with Crippen LogP contribution in [0.15, 0.2) is 30.3 Å². The smallest absolute Gasteiger partial charge is 0.312 e. The van der Waals surface area contributed by atoms with Crippen LogP contribution in [0.2, 0.25) is 0 Å². The van der Waals surface area contributed by atoms with Gasteiger partial charge in [0.2, 0.25) is 0 Å². The fourth-order valence-corrected chi connectivity index (χ4v) is 1.85. The van der Waals surface area contributed by atoms with Crippen molar-refractivity contribution in [1.29, 1.82) is 5.41 Å². The third kappa shape index (κ3) is 4.67. The molecule has 0 amide bonds. The zero-order chi connectivity index (χ0) is 13.5. The van der Waals surface area contributed by atoms with Gasteiger partial charge in [-0.1, -0.05) is 30.3 Å². The largest absolute Gasteiger partial charge is 0.481 e. The summed E-state index contributed by atoms with van der Waals surface area (Å²) in [5.74, 6) is -1.57. The molecule has 0 spiro atoms. The van der Waals surface area contributed by atoms with E-state index in [0.29, 0.717) is 13.0 Å². The molecule has 0 aromatic heterocycles. The summed E-state index contributed by atoms with van der Waals surface area (Å²) in [4.78, 5) is 13.0. The zero-order valence-corrected chi connectivity index (χ0v) is 10.9. The maximum absolute atomic E-state index is 11.0. The predicted molar refractivity (Wildman–Crippen MR) is 71.9 cm³/mol. The molecule has 4 heteroatoms. The standard InChI is InChI=1S/C14H20N2O2/c1-11(15)13(14(17)18)8-9-16(2)10-12-6-4-3-5-7-12/h3-7,13,15H,8-10H2,1-2H3,(H,17,18). The van der Waals surface area contributed by atoms with Crippen LogP contribution in [0, 0.1) is 11.3 Å². The summed E-state index contributed by atoms with van der Waals surface area (Å²) >= 11 is 0. The van der Waals surface area contributed by atoms with Crippen LogP contribution in [0.4, 0.5) is 0 Å². The van der Waals surface area contributed by atoms with Crippen LogP contribution in [0.25, 0.3) is 0 Å². The molecule has 0 aliphatic rings. The van der Waals surface area contributed by atoms with E-state index in [-0.39, 0.29) is 5.71 Å². The van der Waals surface area contributed by atoms with E-state index in [1.165, 1.54) is 5.56 Å². The maximum atomic E-state index is 11.0. The van der Waals surface area contributed by atoms with Crippen LogP contribution in [0.1, 0.15) is 18.9 Å². The Morgan fingerprint density at radius 1 is 1.39 bits per heavy atom. The number of carboxylic acid groups (broad SMARTS) is 1. The van der Waals surface area contributed by atoms with Crippen molar-refractivity contribution in [1.82, 2.24) is 4.90 Å². The predicted octanol–water partition coefficient (Wildman–Crippen LogP) is 2.25. The number of nitrogens with zero attached hydrogens (tertiary/aromatic N) is 1. The minimum atomic E-state index is -0.907. The third-order valence-corrected chi connectivity index (χ3v) is 2.92. The van der Waals surface area contributed by atoms with Gasteiger partial charge in [0, 0.05) is 12.3 Å². The molecule has 0 bridgehead atoms. The third-order valence-electron chi connectivity index (χ3n) is 2.92. The van der Waals surface area contributed by atoms with Crippen LogP contribution in [0.5, 0.6) is 0 Å². The molecule has 1 aromatic rings. The molecule has 0 heterocycles. The number of benzene rings is 1. The quantitative estimate of drug-likeness (QED) is 0.727. The minimum Gasteiger partial charge on any atom is -0.481 e. The first-order valence-electron chi connectivity index (χ1n) is 6.01. The molecule has 1 rings (SSSR count). The van der Waals surface area contributed by atoms with E-state index in [1.807, 2.05) is 37.4 Å². The van der Waals surface area contributed by atoms with Gasteiger partial charge < -0.3 is 15.4 Å². The van der Waals surface area contributed by atoms with Gasteiger partial charge in [0.1, 0.15) is 0 Å². The van der Waals surface area contributed by atoms with Gasteiger partial charge in [-0.2, -0.15) is 0 Å². The lowest BCUT2D eigenvalue weighted by Gasteiger charge is -2.19. The molecule has 2 N–H and O–H groups in total. The number of nitrogens with one attached hydrogen (secondary N) is 1. The molecule has 0 saturated carbocycles. The molecule has 0 aliphatic heterocycles. The minimum absolute atomic E-state index is 0.218. The number of hydrogen-bond donors (Lipinski definition) is 2. The number of rotatable bonds is 7. The van der Waals surface area contributed by atoms with Crippen molar-refractivity contribution in [3.63, 3.8) is 0 Å². The molecule has 4 nitrogen and oxygen atoms in total. The lowest BCUT2D eigenvalue weighted by Crippen LogP contribution is -2.27. The SMILES string of the molecule is CC(=N)C(CCN(C)Cc1ccccc1)C(=O)O. The normalized spacial score (nSPS) is 12.4. The number of hydrogen-bond acceptors (Lipinski definition) is 3. The second kappa shape index (κ2) is 6.91. The van der Waals surface area contributed by atoms with E-state index >= 15 is 0 Å². The molecule has 1 atom stereocenters. The van der Waals surface area contributed by atoms with Gasteiger partial charge in [-0.05, 0) is 32.5 Å². The van der Waals surface area contributed by atoms with Gasteiger partial charge in [0.05, 0.1) is 5.92 Å². The average Bonchev–Trinajstić information content (AvgIpc) is 2.29. The van der Waals surface area contributed by atoms with E-state index in [9.17, 15) is 4.79 Å². The Balaban J connectivity index is 2.43. The average molecular weight is 248 g/mol. The molecule has 98 valence electrons. The van der Waals surface area contributed by atoms with E-state index in [0.717, 1.165) is 6.54 Å². The van der Waals surface area contributed by atoms with Gasteiger partial charge >= 0.3 is 5.97 Å². The van der Waals surface area contributed by atoms with Crippen LogP contribution in [0.3, 0.4) is 0 Å². The monoisotopic (exact) mass is 248 g/mol. The second-order valence-electron chi connectivity index (χ2n) is 4.59. The first-order valence-corrected chi connectivity index (χ1v) is 6.01. The van der Waals surface area contributed by atoms with Crippen molar-refractivity contribution in [2.45, 2.75) is 19.9 Å². The van der Waals surface area contributed by atoms with Gasteiger partial charge in [-0.15, -0.1) is 0 Å². The molecule has 0 saturated heterocycles. The van der Waals surface area contributed by atoms with Crippen molar-refractivity contribution in [2.75, 3.05) is 13.6 Å². The molecule has 0 radical (unpaired) electrons. The van der Waals surface area contributed by atoms with Crippen LogP contribution < -0.4 is 0 Å². The lowest BCUT2D eigenvalue weighted by atomic mass is 10.0. The summed E-state index contributed by atoms with van der Waals surface area (Å²) < 4.78 is 0. The molecule has 0 aliphatic carbocycles. The summed E-state index contributed by atoms with van der Waals surface area (Å²) in [7, 11) is 1.96. The van der Waals surface area contributed by atoms with E-state index in [4.69, 9.17) is 10.5 Å². The number of carboxylic acids is 1. The molecule has 0 fully saturated rings. The van der Waals surface area contributed by atoms with Gasteiger partial charge in [-0.3, -0.25) is 4.79 Å². The highest BCUT2D eigenvalue weighted by Crippen LogP contribution is 2.09. The molecule has 18 heavy (non-hydrogen) atoms. The molecule has 1 aromatic carbocycles. The highest BCUT2D eigenvalue weighted by molar-refractivity contribution is 5.98. The van der Waals surface area contributed by atoms with Crippen molar-refractivity contribution in [3.8, 4) is 0 Å². The van der Waals surface area contributed by atoms with Crippen molar-refractivity contribution >= 4 is 11.7 Å². The Kier molecular flexibility index (Phi) is 5.52. The van der Waals surface area contributed by atoms with Crippen molar-refractivity contribution in [2.24, 2.45) is 5.92 Å². The lowest BCUT2D eigenvalue weighted by molar-refractivity contribution is -0.139.